The van der Waals surface area contributed by atoms with Gasteiger partial charge in [0, 0.05) is 35.6 Å². The van der Waals surface area contributed by atoms with Gasteiger partial charge in [0.15, 0.2) is 5.82 Å². The molecule has 5 nitrogen and oxygen atoms in total. The molecule has 1 saturated carbocycles. The fourth-order valence-corrected chi connectivity index (χ4v) is 4.60. The number of piperidine rings is 1. The van der Waals surface area contributed by atoms with Crippen LogP contribution in [-0.2, 0) is 4.79 Å². The van der Waals surface area contributed by atoms with E-state index >= 15 is 0 Å². The number of aromatic nitrogens is 2. The van der Waals surface area contributed by atoms with Gasteiger partial charge in [-0.1, -0.05) is 43.5 Å². The highest BCUT2D eigenvalue weighted by molar-refractivity contribution is 6.30. The number of nitrogens with one attached hydrogen (secondary N) is 1. The maximum atomic E-state index is 12.7. The second-order valence-electron chi connectivity index (χ2n) is 8.42. The molecule has 29 heavy (non-hydrogen) atoms. The predicted octanol–water partition coefficient (Wildman–Crippen LogP) is 4.71. The molecule has 2 fully saturated rings. The van der Waals surface area contributed by atoms with Crippen molar-refractivity contribution >= 4 is 23.3 Å². The highest BCUT2D eigenvalue weighted by Crippen LogP contribution is 2.27. The molecule has 1 N–H and O–H groups in total. The summed E-state index contributed by atoms with van der Waals surface area (Å²) in [5, 5.41) is 12.8. The van der Waals surface area contributed by atoms with Crippen LogP contribution in [0.1, 0.15) is 45.4 Å². The summed E-state index contributed by atoms with van der Waals surface area (Å²) >= 11 is 5.95. The zero-order valence-corrected chi connectivity index (χ0v) is 17.7. The molecule has 1 aromatic carbocycles. The topological polar surface area (TPSA) is 58.1 Å². The summed E-state index contributed by atoms with van der Waals surface area (Å²) in [4.78, 5) is 14.9. The Morgan fingerprint density at radius 3 is 2.38 bits per heavy atom. The first kappa shape index (κ1) is 20.1. The van der Waals surface area contributed by atoms with E-state index in [0.717, 1.165) is 49.4 Å². The van der Waals surface area contributed by atoms with E-state index in [0.29, 0.717) is 17.0 Å². The molecule has 4 rings (SSSR count). The fraction of sp³-hybridized carbons (Fsp3) is 0.522. The predicted molar refractivity (Wildman–Crippen MR) is 117 cm³/mol. The molecule has 6 heteroatoms. The zero-order chi connectivity index (χ0) is 20.2. The highest BCUT2D eigenvalue weighted by Gasteiger charge is 2.29. The largest absolute Gasteiger partial charge is 0.355 e. The zero-order valence-electron chi connectivity index (χ0n) is 17.0. The van der Waals surface area contributed by atoms with E-state index in [-0.39, 0.29) is 11.8 Å². The molecule has 154 valence electrons. The minimum Gasteiger partial charge on any atom is -0.355 e. The highest BCUT2D eigenvalue weighted by atomic mass is 35.5. The van der Waals surface area contributed by atoms with Crippen LogP contribution in [0, 0.1) is 11.8 Å². The number of anilines is 1. The number of nitrogens with zero attached hydrogens (tertiary/aromatic N) is 3. The lowest BCUT2D eigenvalue weighted by Crippen LogP contribution is -2.46. The number of benzene rings is 1. The SMILES string of the molecule is CC1CCCCC1NC(=O)C1CCN(c2ccc(-c3ccc(Cl)cc3)nn2)CC1. The number of amides is 1. The normalized spacial score (nSPS) is 23.0. The van der Waals surface area contributed by atoms with Gasteiger partial charge in [0.1, 0.15) is 0 Å². The monoisotopic (exact) mass is 412 g/mol. The Hall–Kier alpha value is -2.14. The summed E-state index contributed by atoms with van der Waals surface area (Å²) in [6.07, 6.45) is 6.62. The summed E-state index contributed by atoms with van der Waals surface area (Å²) in [5.41, 5.74) is 1.84. The lowest BCUT2D eigenvalue weighted by atomic mass is 9.85. The quantitative estimate of drug-likeness (QED) is 0.790. The van der Waals surface area contributed by atoms with Gasteiger partial charge in [0.25, 0.3) is 0 Å². The van der Waals surface area contributed by atoms with Gasteiger partial charge >= 0.3 is 0 Å². The van der Waals surface area contributed by atoms with E-state index in [1.807, 2.05) is 36.4 Å². The lowest BCUT2D eigenvalue weighted by Gasteiger charge is -2.34. The standard InChI is InChI=1S/C23H29ClN4O/c1-16-4-2-3-5-20(16)25-23(29)18-12-14-28(15-13-18)22-11-10-21(26-27-22)17-6-8-19(24)9-7-17/h6-11,16,18,20H,2-5,12-15H2,1H3,(H,25,29). The van der Waals surface area contributed by atoms with E-state index in [2.05, 4.69) is 27.3 Å². The van der Waals surface area contributed by atoms with Crippen LogP contribution in [0.3, 0.4) is 0 Å². The van der Waals surface area contributed by atoms with Crippen molar-refractivity contribution in [2.45, 2.75) is 51.5 Å². The van der Waals surface area contributed by atoms with Crippen LogP contribution >= 0.6 is 11.6 Å². The molecule has 0 radical (unpaired) electrons. The Bertz CT molecular complexity index is 816. The second-order valence-corrected chi connectivity index (χ2v) is 8.86. The van der Waals surface area contributed by atoms with E-state index in [1.165, 1.54) is 19.3 Å². The molecular formula is C23H29ClN4O. The minimum atomic E-state index is 0.113. The third-order valence-electron chi connectivity index (χ3n) is 6.42. The molecule has 1 amide bonds. The average molecular weight is 413 g/mol. The number of rotatable bonds is 4. The molecule has 0 spiro atoms. The lowest BCUT2D eigenvalue weighted by molar-refractivity contribution is -0.126. The van der Waals surface area contributed by atoms with Crippen molar-refractivity contribution in [2.24, 2.45) is 11.8 Å². The number of hydrogen-bond acceptors (Lipinski definition) is 4. The summed E-state index contributed by atoms with van der Waals surface area (Å²) in [5.74, 6) is 1.83. The summed E-state index contributed by atoms with van der Waals surface area (Å²) in [7, 11) is 0. The van der Waals surface area contributed by atoms with E-state index in [4.69, 9.17) is 11.6 Å². The van der Waals surface area contributed by atoms with Gasteiger partial charge in [-0.3, -0.25) is 4.79 Å². The second kappa shape index (κ2) is 9.12. The Morgan fingerprint density at radius 1 is 1.00 bits per heavy atom. The van der Waals surface area contributed by atoms with E-state index in [1.54, 1.807) is 0 Å². The van der Waals surface area contributed by atoms with Crippen molar-refractivity contribution in [1.29, 1.82) is 0 Å². The van der Waals surface area contributed by atoms with E-state index in [9.17, 15) is 4.79 Å². The summed E-state index contributed by atoms with van der Waals surface area (Å²) in [6.45, 7) is 3.94. The van der Waals surface area contributed by atoms with Crippen LogP contribution in [0.4, 0.5) is 5.82 Å². The molecule has 2 atom stereocenters. The third kappa shape index (κ3) is 4.89. The Morgan fingerprint density at radius 2 is 1.72 bits per heavy atom. The van der Waals surface area contributed by atoms with Crippen LogP contribution in [0.2, 0.25) is 5.02 Å². The van der Waals surface area contributed by atoms with Crippen LogP contribution in [0.5, 0.6) is 0 Å². The van der Waals surface area contributed by atoms with Crippen molar-refractivity contribution < 1.29 is 4.79 Å². The van der Waals surface area contributed by atoms with Crippen molar-refractivity contribution in [3.63, 3.8) is 0 Å². The smallest absolute Gasteiger partial charge is 0.223 e. The molecule has 2 unspecified atom stereocenters. The van der Waals surface area contributed by atoms with Gasteiger partial charge < -0.3 is 10.2 Å². The molecule has 1 aliphatic carbocycles. The van der Waals surface area contributed by atoms with Gasteiger partial charge in [0.05, 0.1) is 5.69 Å². The number of halogens is 1. The molecule has 2 aromatic rings. The van der Waals surface area contributed by atoms with Crippen LogP contribution in [0.15, 0.2) is 36.4 Å². The molecule has 1 aliphatic heterocycles. The fourth-order valence-electron chi connectivity index (χ4n) is 4.47. The molecule has 1 aromatic heterocycles. The van der Waals surface area contributed by atoms with Gasteiger partial charge in [-0.2, -0.15) is 0 Å². The molecule has 2 aliphatic rings. The molecule has 1 saturated heterocycles. The van der Waals surface area contributed by atoms with Crippen molar-refractivity contribution in [2.75, 3.05) is 18.0 Å². The van der Waals surface area contributed by atoms with Crippen molar-refractivity contribution in [3.05, 3.63) is 41.4 Å². The van der Waals surface area contributed by atoms with E-state index < -0.39 is 0 Å². The average Bonchev–Trinajstić information content (AvgIpc) is 2.76. The van der Waals surface area contributed by atoms with Crippen LogP contribution < -0.4 is 10.2 Å². The Balaban J connectivity index is 1.31. The number of hydrogen-bond donors (Lipinski definition) is 1. The summed E-state index contributed by atoms with van der Waals surface area (Å²) in [6, 6.07) is 12.0. The van der Waals surface area contributed by atoms with Crippen molar-refractivity contribution in [1.82, 2.24) is 15.5 Å². The maximum absolute atomic E-state index is 12.7. The van der Waals surface area contributed by atoms with Gasteiger partial charge in [-0.15, -0.1) is 10.2 Å². The maximum Gasteiger partial charge on any atom is 0.223 e. The minimum absolute atomic E-state index is 0.113. The van der Waals surface area contributed by atoms with Crippen LogP contribution in [-0.4, -0.2) is 35.2 Å². The first-order valence-electron chi connectivity index (χ1n) is 10.7. The third-order valence-corrected chi connectivity index (χ3v) is 6.67. The Kier molecular flexibility index (Phi) is 6.34. The van der Waals surface area contributed by atoms with Crippen LogP contribution in [0.25, 0.3) is 11.3 Å². The van der Waals surface area contributed by atoms with Gasteiger partial charge in [0.2, 0.25) is 5.91 Å². The van der Waals surface area contributed by atoms with Gasteiger partial charge in [-0.05, 0) is 55.9 Å². The first-order valence-corrected chi connectivity index (χ1v) is 11.1. The van der Waals surface area contributed by atoms with Gasteiger partial charge in [-0.25, -0.2) is 0 Å². The molecule has 2 heterocycles. The number of carbonyl (C=O) groups is 1. The Labute approximate surface area is 177 Å². The number of carbonyl (C=O) groups excluding carboxylic acids is 1. The van der Waals surface area contributed by atoms with Crippen molar-refractivity contribution in [3.8, 4) is 11.3 Å². The first-order chi connectivity index (χ1) is 14.1. The molecule has 0 bridgehead atoms. The summed E-state index contributed by atoms with van der Waals surface area (Å²) < 4.78 is 0. The molecular weight excluding hydrogens is 384 g/mol.